The van der Waals surface area contributed by atoms with E-state index in [0.717, 1.165) is 23.8 Å². The highest BCUT2D eigenvalue weighted by molar-refractivity contribution is 5.46. The van der Waals surface area contributed by atoms with Crippen LogP contribution in [-0.4, -0.2) is 15.2 Å². The van der Waals surface area contributed by atoms with E-state index >= 15 is 0 Å². The molecule has 0 spiro atoms. The standard InChI is InChI=1S/C11H15N3O/c1-7(2)6-10-12-11(14-13-10)9-5-4-8(3)15-9/h4-5,7H,6H2,1-3H3,(H,12,13,14). The summed E-state index contributed by atoms with van der Waals surface area (Å²) in [6.45, 7) is 6.21. The second-order valence-electron chi connectivity index (χ2n) is 4.11. The Balaban J connectivity index is 2.20. The largest absolute Gasteiger partial charge is 0.458 e. The van der Waals surface area contributed by atoms with Crippen LogP contribution < -0.4 is 0 Å². The molecular formula is C11H15N3O. The first-order valence-electron chi connectivity index (χ1n) is 5.13. The summed E-state index contributed by atoms with van der Waals surface area (Å²) in [5.41, 5.74) is 0. The van der Waals surface area contributed by atoms with Gasteiger partial charge in [0.1, 0.15) is 11.6 Å². The third kappa shape index (κ3) is 2.26. The van der Waals surface area contributed by atoms with Crippen LogP contribution in [0.25, 0.3) is 11.6 Å². The maximum Gasteiger partial charge on any atom is 0.216 e. The number of hydrogen-bond acceptors (Lipinski definition) is 3. The van der Waals surface area contributed by atoms with Crippen LogP contribution >= 0.6 is 0 Å². The van der Waals surface area contributed by atoms with Crippen LogP contribution in [0, 0.1) is 12.8 Å². The molecule has 0 bridgehead atoms. The predicted octanol–water partition coefficient (Wildman–Crippen LogP) is 2.57. The van der Waals surface area contributed by atoms with Crippen molar-refractivity contribution in [2.45, 2.75) is 27.2 Å². The molecule has 0 aliphatic carbocycles. The van der Waals surface area contributed by atoms with E-state index in [2.05, 4.69) is 29.0 Å². The van der Waals surface area contributed by atoms with E-state index in [-0.39, 0.29) is 0 Å². The molecule has 0 saturated carbocycles. The number of aromatic nitrogens is 3. The van der Waals surface area contributed by atoms with Crippen molar-refractivity contribution in [2.24, 2.45) is 5.92 Å². The Morgan fingerprint density at radius 1 is 1.40 bits per heavy atom. The van der Waals surface area contributed by atoms with Crippen molar-refractivity contribution in [1.29, 1.82) is 0 Å². The van der Waals surface area contributed by atoms with E-state index in [4.69, 9.17) is 4.42 Å². The lowest BCUT2D eigenvalue weighted by atomic mass is 10.1. The first-order chi connectivity index (χ1) is 7.15. The summed E-state index contributed by atoms with van der Waals surface area (Å²) in [6, 6.07) is 3.80. The maximum atomic E-state index is 5.44. The number of aromatic amines is 1. The van der Waals surface area contributed by atoms with Gasteiger partial charge < -0.3 is 4.42 Å². The van der Waals surface area contributed by atoms with Gasteiger partial charge in [0.05, 0.1) is 0 Å². The Morgan fingerprint density at radius 2 is 2.20 bits per heavy atom. The molecule has 2 aromatic rings. The SMILES string of the molecule is Cc1ccc(-c2n[nH]c(CC(C)C)n2)o1. The number of aryl methyl sites for hydroxylation is 1. The van der Waals surface area contributed by atoms with Crippen LogP contribution in [0.5, 0.6) is 0 Å². The molecule has 0 aliphatic rings. The van der Waals surface area contributed by atoms with Crippen LogP contribution in [0.15, 0.2) is 16.5 Å². The number of rotatable bonds is 3. The zero-order valence-corrected chi connectivity index (χ0v) is 9.24. The van der Waals surface area contributed by atoms with Crippen molar-refractivity contribution in [3.05, 3.63) is 23.7 Å². The molecule has 4 nitrogen and oxygen atoms in total. The van der Waals surface area contributed by atoms with E-state index in [0.29, 0.717) is 11.7 Å². The second kappa shape index (κ2) is 3.88. The summed E-state index contributed by atoms with van der Waals surface area (Å²) in [5, 5.41) is 7.05. The zero-order valence-electron chi connectivity index (χ0n) is 9.24. The average molecular weight is 205 g/mol. The van der Waals surface area contributed by atoms with Crippen LogP contribution in [0.3, 0.4) is 0 Å². The van der Waals surface area contributed by atoms with Crippen molar-refractivity contribution >= 4 is 0 Å². The average Bonchev–Trinajstić information content (AvgIpc) is 2.72. The molecule has 1 N–H and O–H groups in total. The van der Waals surface area contributed by atoms with Gasteiger partial charge in [0, 0.05) is 6.42 Å². The van der Waals surface area contributed by atoms with Gasteiger partial charge in [-0.3, -0.25) is 5.10 Å². The van der Waals surface area contributed by atoms with Crippen molar-refractivity contribution in [3.8, 4) is 11.6 Å². The van der Waals surface area contributed by atoms with Crippen LogP contribution in [0.1, 0.15) is 25.4 Å². The minimum Gasteiger partial charge on any atom is -0.458 e. The molecule has 0 aliphatic heterocycles. The van der Waals surface area contributed by atoms with E-state index in [9.17, 15) is 0 Å². The second-order valence-corrected chi connectivity index (χ2v) is 4.11. The molecule has 0 aromatic carbocycles. The van der Waals surface area contributed by atoms with E-state index < -0.39 is 0 Å². The van der Waals surface area contributed by atoms with Crippen LogP contribution in [-0.2, 0) is 6.42 Å². The highest BCUT2D eigenvalue weighted by Gasteiger charge is 2.09. The van der Waals surface area contributed by atoms with Crippen LogP contribution in [0.2, 0.25) is 0 Å². The first-order valence-corrected chi connectivity index (χ1v) is 5.13. The van der Waals surface area contributed by atoms with Crippen molar-refractivity contribution in [2.75, 3.05) is 0 Å². The Hall–Kier alpha value is -1.58. The lowest BCUT2D eigenvalue weighted by Gasteiger charge is -1.97. The van der Waals surface area contributed by atoms with Crippen molar-refractivity contribution in [3.63, 3.8) is 0 Å². The van der Waals surface area contributed by atoms with Gasteiger partial charge in [-0.1, -0.05) is 13.8 Å². The monoisotopic (exact) mass is 205 g/mol. The van der Waals surface area contributed by atoms with Gasteiger partial charge in [0.2, 0.25) is 5.82 Å². The molecule has 2 aromatic heterocycles. The number of H-pyrrole nitrogens is 1. The van der Waals surface area contributed by atoms with E-state index in [1.54, 1.807) is 0 Å². The van der Waals surface area contributed by atoms with Gasteiger partial charge in [0.25, 0.3) is 0 Å². The molecular weight excluding hydrogens is 190 g/mol. The molecule has 2 heterocycles. The molecule has 80 valence electrons. The highest BCUT2D eigenvalue weighted by atomic mass is 16.3. The topological polar surface area (TPSA) is 54.7 Å². The number of nitrogens with one attached hydrogen (secondary N) is 1. The number of nitrogens with zero attached hydrogens (tertiary/aromatic N) is 2. The fourth-order valence-electron chi connectivity index (χ4n) is 1.44. The number of hydrogen-bond donors (Lipinski definition) is 1. The summed E-state index contributed by atoms with van der Waals surface area (Å²) in [6.07, 6.45) is 0.909. The highest BCUT2D eigenvalue weighted by Crippen LogP contribution is 2.18. The van der Waals surface area contributed by atoms with Gasteiger partial charge in [-0.25, -0.2) is 4.98 Å². The number of furan rings is 1. The molecule has 2 rings (SSSR count). The van der Waals surface area contributed by atoms with E-state index in [1.165, 1.54) is 0 Å². The predicted molar refractivity (Wildman–Crippen MR) is 57.4 cm³/mol. The Labute approximate surface area is 88.7 Å². The van der Waals surface area contributed by atoms with Crippen molar-refractivity contribution < 1.29 is 4.42 Å². The molecule has 0 saturated heterocycles. The molecule has 0 unspecified atom stereocenters. The zero-order chi connectivity index (χ0) is 10.8. The van der Waals surface area contributed by atoms with E-state index in [1.807, 2.05) is 19.1 Å². The summed E-state index contributed by atoms with van der Waals surface area (Å²) in [5.74, 6) is 3.72. The summed E-state index contributed by atoms with van der Waals surface area (Å²) >= 11 is 0. The molecule has 0 radical (unpaired) electrons. The lowest BCUT2D eigenvalue weighted by Crippen LogP contribution is -1.95. The summed E-state index contributed by atoms with van der Waals surface area (Å²) < 4.78 is 5.44. The quantitative estimate of drug-likeness (QED) is 0.837. The molecule has 15 heavy (non-hydrogen) atoms. The summed E-state index contributed by atoms with van der Waals surface area (Å²) in [7, 11) is 0. The third-order valence-electron chi connectivity index (χ3n) is 2.09. The first kappa shape index (κ1) is 9.96. The Kier molecular flexibility index (Phi) is 2.58. The molecule has 0 fully saturated rings. The third-order valence-corrected chi connectivity index (χ3v) is 2.09. The summed E-state index contributed by atoms with van der Waals surface area (Å²) in [4.78, 5) is 4.37. The maximum absolute atomic E-state index is 5.44. The van der Waals surface area contributed by atoms with Gasteiger partial charge in [-0.05, 0) is 25.0 Å². The van der Waals surface area contributed by atoms with Gasteiger partial charge in [0.15, 0.2) is 5.76 Å². The Morgan fingerprint density at radius 3 is 2.80 bits per heavy atom. The van der Waals surface area contributed by atoms with Gasteiger partial charge in [-0.2, -0.15) is 5.10 Å². The minimum absolute atomic E-state index is 0.573. The molecule has 0 amide bonds. The Bertz CT molecular complexity index is 442. The molecule has 4 heteroatoms. The lowest BCUT2D eigenvalue weighted by molar-refractivity contribution is 0.544. The fourth-order valence-corrected chi connectivity index (χ4v) is 1.44. The van der Waals surface area contributed by atoms with Crippen molar-refractivity contribution in [1.82, 2.24) is 15.2 Å². The molecule has 0 atom stereocenters. The van der Waals surface area contributed by atoms with Crippen LogP contribution in [0.4, 0.5) is 0 Å². The van der Waals surface area contributed by atoms with Gasteiger partial charge in [-0.15, -0.1) is 0 Å². The normalized spacial score (nSPS) is 11.2. The fraction of sp³-hybridized carbons (Fsp3) is 0.455. The smallest absolute Gasteiger partial charge is 0.216 e. The van der Waals surface area contributed by atoms with Gasteiger partial charge >= 0.3 is 0 Å². The minimum atomic E-state index is 0.573.